The zero-order chi connectivity index (χ0) is 27.5. The van der Waals surface area contributed by atoms with E-state index in [2.05, 4.69) is 5.32 Å². The van der Waals surface area contributed by atoms with Gasteiger partial charge in [-0.3, -0.25) is 4.79 Å². The summed E-state index contributed by atoms with van der Waals surface area (Å²) in [7, 11) is 0. The Balaban J connectivity index is 1.42. The third-order valence-electron chi connectivity index (χ3n) is 6.43. The number of anilines is 1. The van der Waals surface area contributed by atoms with E-state index in [4.69, 9.17) is 26.3 Å². The van der Waals surface area contributed by atoms with E-state index in [1.165, 1.54) is 0 Å². The first-order chi connectivity index (χ1) is 18.8. The molecule has 1 amide bonds. The molecule has 0 bridgehead atoms. The van der Waals surface area contributed by atoms with Gasteiger partial charge >= 0.3 is 5.97 Å². The number of hydrogen-bond acceptors (Lipinski definition) is 5. The molecule has 0 radical (unpaired) electrons. The van der Waals surface area contributed by atoms with Gasteiger partial charge in [0.25, 0.3) is 5.91 Å². The van der Waals surface area contributed by atoms with Gasteiger partial charge < -0.3 is 10.1 Å². The van der Waals surface area contributed by atoms with E-state index in [1.807, 2.05) is 62.4 Å². The van der Waals surface area contributed by atoms with Crippen molar-refractivity contribution in [1.29, 1.82) is 0 Å². The molecule has 0 atom stereocenters. The minimum Gasteiger partial charge on any atom is -0.452 e. The average Bonchev–Trinajstić information content (AvgIpc) is 2.94. The van der Waals surface area contributed by atoms with Gasteiger partial charge in [0.15, 0.2) is 6.61 Å². The summed E-state index contributed by atoms with van der Waals surface area (Å²) in [6.45, 7) is 5.44. The molecule has 1 N–H and O–H groups in total. The summed E-state index contributed by atoms with van der Waals surface area (Å²) in [5, 5.41) is 3.26. The maximum atomic E-state index is 12.8. The predicted octanol–water partition coefficient (Wildman–Crippen LogP) is 7.34. The van der Waals surface area contributed by atoms with Crippen LogP contribution >= 0.6 is 11.6 Å². The highest BCUT2D eigenvalue weighted by Gasteiger charge is 2.17. The number of esters is 1. The van der Waals surface area contributed by atoms with Crippen LogP contribution in [0, 0.1) is 20.8 Å². The lowest BCUT2D eigenvalue weighted by Crippen LogP contribution is -2.21. The molecule has 39 heavy (non-hydrogen) atoms. The molecule has 6 nitrogen and oxygen atoms in total. The van der Waals surface area contributed by atoms with Gasteiger partial charge in [-0.05, 0) is 56.7 Å². The van der Waals surface area contributed by atoms with Crippen molar-refractivity contribution in [3.05, 3.63) is 112 Å². The number of hydrogen-bond donors (Lipinski definition) is 1. The van der Waals surface area contributed by atoms with Gasteiger partial charge in [0.1, 0.15) is 0 Å². The van der Waals surface area contributed by atoms with Crippen LogP contribution in [0.2, 0.25) is 5.02 Å². The summed E-state index contributed by atoms with van der Waals surface area (Å²) in [5.74, 6) is -1.09. The first kappa shape index (κ1) is 26.1. The normalized spacial score (nSPS) is 10.9. The Morgan fingerprint density at radius 3 is 1.97 bits per heavy atom. The molecule has 4 aromatic carbocycles. The van der Waals surface area contributed by atoms with Gasteiger partial charge in [0.05, 0.1) is 28.0 Å². The topological polar surface area (TPSA) is 81.2 Å². The van der Waals surface area contributed by atoms with Crippen molar-refractivity contribution in [3.8, 4) is 22.5 Å². The van der Waals surface area contributed by atoms with Crippen LogP contribution in [0.4, 0.5) is 5.69 Å². The number of aromatic nitrogens is 2. The SMILES string of the molecule is Cc1ccc(-c2nc3ccc(C(=O)OCC(=O)Nc4cccc(Cl)c4C)cc3nc2-c2ccc(C)cc2)cc1. The first-order valence-corrected chi connectivity index (χ1v) is 12.8. The molecular weight excluding hydrogens is 510 g/mol. The van der Waals surface area contributed by atoms with E-state index >= 15 is 0 Å². The second-order valence-corrected chi connectivity index (χ2v) is 9.80. The van der Waals surface area contributed by atoms with Crippen molar-refractivity contribution in [2.45, 2.75) is 20.8 Å². The summed E-state index contributed by atoms with van der Waals surface area (Å²) in [4.78, 5) is 35.0. The molecule has 5 aromatic rings. The molecule has 7 heteroatoms. The monoisotopic (exact) mass is 535 g/mol. The van der Waals surface area contributed by atoms with E-state index in [0.717, 1.165) is 33.5 Å². The Morgan fingerprint density at radius 2 is 1.36 bits per heavy atom. The van der Waals surface area contributed by atoms with E-state index in [0.29, 0.717) is 27.4 Å². The van der Waals surface area contributed by atoms with E-state index in [9.17, 15) is 9.59 Å². The number of aryl methyl sites for hydroxylation is 2. The van der Waals surface area contributed by atoms with E-state index in [1.54, 1.807) is 43.3 Å². The number of fused-ring (bicyclic) bond motifs is 1. The maximum Gasteiger partial charge on any atom is 0.338 e. The number of halogens is 1. The van der Waals surface area contributed by atoms with Crippen molar-refractivity contribution >= 4 is 40.2 Å². The van der Waals surface area contributed by atoms with Crippen molar-refractivity contribution < 1.29 is 14.3 Å². The summed E-state index contributed by atoms with van der Waals surface area (Å²) in [6, 6.07) is 26.5. The van der Waals surface area contributed by atoms with Crippen LogP contribution in [-0.2, 0) is 9.53 Å². The third-order valence-corrected chi connectivity index (χ3v) is 6.84. The lowest BCUT2D eigenvalue weighted by atomic mass is 10.0. The fourth-order valence-electron chi connectivity index (χ4n) is 4.15. The number of carbonyl (C=O) groups is 2. The second kappa shape index (κ2) is 11.1. The van der Waals surface area contributed by atoms with Gasteiger partial charge in [-0.25, -0.2) is 14.8 Å². The van der Waals surface area contributed by atoms with Gasteiger partial charge in [0.2, 0.25) is 0 Å². The molecule has 0 unspecified atom stereocenters. The molecule has 0 fully saturated rings. The molecule has 5 rings (SSSR count). The maximum absolute atomic E-state index is 12.8. The number of nitrogens with zero attached hydrogens (tertiary/aromatic N) is 2. The summed E-state index contributed by atoms with van der Waals surface area (Å²) in [5.41, 5.74) is 8.43. The molecular formula is C32H26ClN3O3. The molecule has 1 aromatic heterocycles. The predicted molar refractivity (Wildman–Crippen MR) is 155 cm³/mol. The molecule has 0 aliphatic heterocycles. The van der Waals surface area contributed by atoms with Gasteiger partial charge in [-0.1, -0.05) is 77.3 Å². The Kier molecular flexibility index (Phi) is 7.39. The van der Waals surface area contributed by atoms with Crippen molar-refractivity contribution in [2.75, 3.05) is 11.9 Å². The van der Waals surface area contributed by atoms with Crippen molar-refractivity contribution in [1.82, 2.24) is 9.97 Å². The van der Waals surface area contributed by atoms with Crippen molar-refractivity contribution in [2.24, 2.45) is 0 Å². The molecule has 0 saturated carbocycles. The third kappa shape index (κ3) is 5.81. The van der Waals surface area contributed by atoms with Crippen LogP contribution < -0.4 is 5.32 Å². The number of carbonyl (C=O) groups excluding carboxylic acids is 2. The lowest BCUT2D eigenvalue weighted by molar-refractivity contribution is -0.119. The van der Waals surface area contributed by atoms with Gasteiger partial charge in [-0.2, -0.15) is 0 Å². The van der Waals surface area contributed by atoms with Crippen molar-refractivity contribution in [3.63, 3.8) is 0 Å². The lowest BCUT2D eigenvalue weighted by Gasteiger charge is -2.12. The summed E-state index contributed by atoms with van der Waals surface area (Å²) >= 11 is 6.11. The fraction of sp³-hybridized carbons (Fsp3) is 0.125. The van der Waals surface area contributed by atoms with E-state index in [-0.39, 0.29) is 5.56 Å². The summed E-state index contributed by atoms with van der Waals surface area (Å²) < 4.78 is 5.28. The minimum absolute atomic E-state index is 0.279. The first-order valence-electron chi connectivity index (χ1n) is 12.5. The molecule has 0 aliphatic carbocycles. The van der Waals surface area contributed by atoms with Crippen LogP contribution in [0.15, 0.2) is 84.9 Å². The molecule has 194 valence electrons. The van der Waals surface area contributed by atoms with Crippen LogP contribution in [0.5, 0.6) is 0 Å². The Bertz CT molecular complexity index is 1700. The summed E-state index contributed by atoms with van der Waals surface area (Å²) in [6.07, 6.45) is 0. The van der Waals surface area contributed by atoms with Crippen LogP contribution in [0.3, 0.4) is 0 Å². The number of amides is 1. The minimum atomic E-state index is -0.629. The highest BCUT2D eigenvalue weighted by Crippen LogP contribution is 2.32. The largest absolute Gasteiger partial charge is 0.452 e. The van der Waals surface area contributed by atoms with Crippen LogP contribution in [-0.4, -0.2) is 28.5 Å². The fourth-order valence-corrected chi connectivity index (χ4v) is 4.32. The quantitative estimate of drug-likeness (QED) is 0.230. The average molecular weight is 536 g/mol. The smallest absolute Gasteiger partial charge is 0.338 e. The Morgan fingerprint density at radius 1 is 0.769 bits per heavy atom. The van der Waals surface area contributed by atoms with E-state index < -0.39 is 18.5 Å². The molecule has 1 heterocycles. The number of benzene rings is 4. The second-order valence-electron chi connectivity index (χ2n) is 9.39. The Hall–Kier alpha value is -4.55. The van der Waals surface area contributed by atoms with Gasteiger partial charge in [-0.15, -0.1) is 0 Å². The number of nitrogens with one attached hydrogen (secondary N) is 1. The number of rotatable bonds is 6. The number of ether oxygens (including phenoxy) is 1. The Labute approximate surface area is 231 Å². The molecule has 0 aliphatic rings. The molecule has 0 saturated heterocycles. The van der Waals surface area contributed by atoms with Crippen LogP contribution in [0.1, 0.15) is 27.0 Å². The zero-order valence-corrected chi connectivity index (χ0v) is 22.5. The standard InChI is InChI=1S/C32H26ClN3O3/c1-19-7-11-22(12-8-19)30-31(23-13-9-20(2)10-14-23)36-28-17-24(15-16-27(28)35-30)32(38)39-18-29(37)34-26-6-4-5-25(33)21(26)3/h4-17H,18H2,1-3H3,(H,34,37). The van der Waals surface area contributed by atoms with Gasteiger partial charge in [0, 0.05) is 21.8 Å². The zero-order valence-electron chi connectivity index (χ0n) is 21.8. The molecule has 0 spiro atoms. The van der Waals surface area contributed by atoms with Crippen LogP contribution in [0.25, 0.3) is 33.5 Å². The highest BCUT2D eigenvalue weighted by molar-refractivity contribution is 6.31. The highest BCUT2D eigenvalue weighted by atomic mass is 35.5.